The van der Waals surface area contributed by atoms with Gasteiger partial charge < -0.3 is 19.9 Å². The Morgan fingerprint density at radius 1 is 1.33 bits per heavy atom. The third kappa shape index (κ3) is 4.00. The molecule has 0 spiro atoms. The molecule has 6 heteroatoms. The number of carboxylic acids is 1. The highest BCUT2D eigenvalue weighted by Crippen LogP contribution is 2.35. The number of hydrogen-bond acceptors (Lipinski definition) is 4. The van der Waals surface area contributed by atoms with Crippen LogP contribution in [0, 0.1) is 0 Å². The minimum absolute atomic E-state index is 0.124. The van der Waals surface area contributed by atoms with Gasteiger partial charge in [0.2, 0.25) is 0 Å². The molecule has 0 aliphatic rings. The molecule has 0 saturated carbocycles. The summed E-state index contributed by atoms with van der Waals surface area (Å²) in [7, 11) is 3.08. The Labute approximate surface area is 111 Å². The predicted octanol–water partition coefficient (Wildman–Crippen LogP) is 2.63. The lowest BCUT2D eigenvalue weighted by atomic mass is 10.2. The molecule has 0 atom stereocenters. The van der Waals surface area contributed by atoms with Crippen molar-refractivity contribution >= 4 is 23.3 Å². The zero-order valence-corrected chi connectivity index (χ0v) is 11.1. The average Bonchev–Trinajstić information content (AvgIpc) is 2.34. The van der Waals surface area contributed by atoms with Crippen LogP contribution in [0.2, 0.25) is 5.02 Å². The number of carbonyl (C=O) groups is 1. The largest absolute Gasteiger partial charge is 0.495 e. The highest BCUT2D eigenvalue weighted by molar-refractivity contribution is 6.32. The summed E-state index contributed by atoms with van der Waals surface area (Å²) in [5.41, 5.74) is 0.716. The molecule has 2 N–H and O–H groups in total. The van der Waals surface area contributed by atoms with Crippen LogP contribution in [-0.4, -0.2) is 31.8 Å². The minimum atomic E-state index is -0.809. The van der Waals surface area contributed by atoms with Gasteiger partial charge in [-0.05, 0) is 12.5 Å². The molecule has 0 radical (unpaired) electrons. The predicted molar refractivity (Wildman–Crippen MR) is 69.9 cm³/mol. The summed E-state index contributed by atoms with van der Waals surface area (Å²) in [6.45, 7) is 0.533. The molecular weight excluding hydrogens is 258 g/mol. The number of methoxy groups -OCH3 is 2. The van der Waals surface area contributed by atoms with Gasteiger partial charge in [0, 0.05) is 19.0 Å². The first-order valence-corrected chi connectivity index (χ1v) is 5.83. The van der Waals surface area contributed by atoms with E-state index in [1.165, 1.54) is 7.11 Å². The van der Waals surface area contributed by atoms with Gasteiger partial charge in [-0.2, -0.15) is 0 Å². The monoisotopic (exact) mass is 273 g/mol. The smallest absolute Gasteiger partial charge is 0.303 e. The number of ether oxygens (including phenoxy) is 2. The van der Waals surface area contributed by atoms with E-state index in [0.717, 1.165) is 0 Å². The second-order valence-corrected chi connectivity index (χ2v) is 4.02. The van der Waals surface area contributed by atoms with E-state index < -0.39 is 5.97 Å². The Hall–Kier alpha value is -1.62. The second kappa shape index (κ2) is 6.96. The number of carboxylic acid groups (broad SMARTS) is 1. The van der Waals surface area contributed by atoms with Crippen molar-refractivity contribution in [2.45, 2.75) is 12.8 Å². The topological polar surface area (TPSA) is 67.8 Å². The van der Waals surface area contributed by atoms with Crippen LogP contribution in [0.3, 0.4) is 0 Å². The molecule has 0 fully saturated rings. The molecule has 1 aromatic carbocycles. The molecule has 0 aliphatic carbocycles. The fourth-order valence-electron chi connectivity index (χ4n) is 1.46. The van der Waals surface area contributed by atoms with E-state index in [9.17, 15) is 4.79 Å². The summed E-state index contributed by atoms with van der Waals surface area (Å²) in [4.78, 5) is 10.4. The van der Waals surface area contributed by atoms with Gasteiger partial charge >= 0.3 is 5.97 Å². The molecule has 0 aliphatic heterocycles. The summed E-state index contributed by atoms with van der Waals surface area (Å²) < 4.78 is 10.3. The van der Waals surface area contributed by atoms with Gasteiger partial charge in [0.1, 0.15) is 11.5 Å². The van der Waals surface area contributed by atoms with Crippen LogP contribution in [0.4, 0.5) is 5.69 Å². The fourth-order valence-corrected chi connectivity index (χ4v) is 1.70. The molecule has 0 heterocycles. The Balaban J connectivity index is 2.69. The van der Waals surface area contributed by atoms with E-state index in [4.69, 9.17) is 26.2 Å². The number of benzene rings is 1. The summed E-state index contributed by atoms with van der Waals surface area (Å²) in [6.07, 6.45) is 0.654. The lowest BCUT2D eigenvalue weighted by Crippen LogP contribution is -2.06. The van der Waals surface area contributed by atoms with Crippen molar-refractivity contribution in [1.82, 2.24) is 0 Å². The maximum absolute atomic E-state index is 10.4. The van der Waals surface area contributed by atoms with Crippen LogP contribution in [0.5, 0.6) is 11.5 Å². The summed E-state index contributed by atoms with van der Waals surface area (Å²) >= 11 is 6.01. The van der Waals surface area contributed by atoms with Crippen molar-refractivity contribution in [3.63, 3.8) is 0 Å². The zero-order chi connectivity index (χ0) is 13.5. The molecule has 5 nitrogen and oxygen atoms in total. The summed E-state index contributed by atoms with van der Waals surface area (Å²) in [6, 6.07) is 3.38. The number of rotatable bonds is 7. The van der Waals surface area contributed by atoms with E-state index in [2.05, 4.69) is 5.32 Å². The molecule has 0 saturated heterocycles. The highest BCUT2D eigenvalue weighted by atomic mass is 35.5. The Morgan fingerprint density at radius 3 is 2.56 bits per heavy atom. The second-order valence-electron chi connectivity index (χ2n) is 3.61. The lowest BCUT2D eigenvalue weighted by molar-refractivity contribution is -0.137. The third-order valence-electron chi connectivity index (χ3n) is 2.36. The molecular formula is C12H16ClNO4. The first-order chi connectivity index (χ1) is 8.58. The molecule has 100 valence electrons. The van der Waals surface area contributed by atoms with Crippen molar-refractivity contribution in [2.24, 2.45) is 0 Å². The standard InChI is InChI=1S/C12H16ClNO4/c1-17-10-7-11(18-2)9(6-8(10)13)14-5-3-4-12(15)16/h6-7,14H,3-5H2,1-2H3,(H,15,16). The van der Waals surface area contributed by atoms with Crippen molar-refractivity contribution in [3.8, 4) is 11.5 Å². The van der Waals surface area contributed by atoms with Gasteiger partial charge in [-0.15, -0.1) is 0 Å². The van der Waals surface area contributed by atoms with E-state index in [-0.39, 0.29) is 6.42 Å². The lowest BCUT2D eigenvalue weighted by Gasteiger charge is -2.13. The molecule has 1 rings (SSSR count). The number of anilines is 1. The van der Waals surface area contributed by atoms with Crippen LogP contribution in [0.25, 0.3) is 0 Å². The van der Waals surface area contributed by atoms with Gasteiger partial charge in [-0.1, -0.05) is 11.6 Å². The van der Waals surface area contributed by atoms with Gasteiger partial charge in [0.05, 0.1) is 24.9 Å². The Kier molecular flexibility index (Phi) is 5.58. The van der Waals surface area contributed by atoms with Crippen molar-refractivity contribution in [2.75, 3.05) is 26.1 Å². The molecule has 0 unspecified atom stereocenters. The van der Waals surface area contributed by atoms with Crippen LogP contribution < -0.4 is 14.8 Å². The summed E-state index contributed by atoms with van der Waals surface area (Å²) in [5.74, 6) is 0.327. The molecule has 0 aromatic heterocycles. The fraction of sp³-hybridized carbons (Fsp3) is 0.417. The number of hydrogen-bond donors (Lipinski definition) is 2. The molecule has 0 bridgehead atoms. The number of aliphatic carboxylic acids is 1. The highest BCUT2D eigenvalue weighted by Gasteiger charge is 2.09. The van der Waals surface area contributed by atoms with Crippen molar-refractivity contribution < 1.29 is 19.4 Å². The zero-order valence-electron chi connectivity index (χ0n) is 10.3. The maximum atomic E-state index is 10.4. The van der Waals surface area contributed by atoms with E-state index in [1.54, 1.807) is 19.2 Å². The number of halogens is 1. The normalized spacial score (nSPS) is 9.94. The first kappa shape index (κ1) is 14.4. The average molecular weight is 274 g/mol. The van der Waals surface area contributed by atoms with Gasteiger partial charge in [0.25, 0.3) is 0 Å². The van der Waals surface area contributed by atoms with Gasteiger partial charge in [0.15, 0.2) is 0 Å². The van der Waals surface area contributed by atoms with Crippen molar-refractivity contribution in [1.29, 1.82) is 0 Å². The summed E-state index contributed by atoms with van der Waals surface area (Å²) in [5, 5.41) is 12.1. The van der Waals surface area contributed by atoms with E-state index in [1.807, 2.05) is 0 Å². The van der Waals surface area contributed by atoms with Gasteiger partial charge in [-0.3, -0.25) is 4.79 Å². The maximum Gasteiger partial charge on any atom is 0.303 e. The molecule has 18 heavy (non-hydrogen) atoms. The first-order valence-electron chi connectivity index (χ1n) is 5.45. The quantitative estimate of drug-likeness (QED) is 0.748. The van der Waals surface area contributed by atoms with Crippen LogP contribution >= 0.6 is 11.6 Å². The molecule has 1 aromatic rings. The van der Waals surface area contributed by atoms with Crippen LogP contribution in [0.1, 0.15) is 12.8 Å². The van der Waals surface area contributed by atoms with Crippen LogP contribution in [-0.2, 0) is 4.79 Å². The van der Waals surface area contributed by atoms with Crippen molar-refractivity contribution in [3.05, 3.63) is 17.2 Å². The van der Waals surface area contributed by atoms with Crippen LogP contribution in [0.15, 0.2) is 12.1 Å². The SMILES string of the molecule is COc1cc(OC)c(NCCCC(=O)O)cc1Cl. The minimum Gasteiger partial charge on any atom is -0.495 e. The molecule has 0 amide bonds. The van der Waals surface area contributed by atoms with E-state index in [0.29, 0.717) is 35.2 Å². The van der Waals surface area contributed by atoms with E-state index >= 15 is 0 Å². The Bertz CT molecular complexity index is 423. The number of nitrogens with one attached hydrogen (secondary N) is 1. The third-order valence-corrected chi connectivity index (χ3v) is 2.65. The van der Waals surface area contributed by atoms with Gasteiger partial charge in [-0.25, -0.2) is 0 Å². The Morgan fingerprint density at radius 2 is 2.00 bits per heavy atom.